The molecule has 2 rings (SSSR count). The lowest BCUT2D eigenvalue weighted by Gasteiger charge is -2.23. The monoisotopic (exact) mass is 324 g/mol. The number of hydrogen-bond donors (Lipinski definition) is 1. The van der Waals surface area contributed by atoms with Crippen LogP contribution < -0.4 is 10.2 Å². The van der Waals surface area contributed by atoms with E-state index in [0.29, 0.717) is 0 Å². The molecule has 0 saturated carbocycles. The van der Waals surface area contributed by atoms with E-state index in [1.54, 1.807) is 0 Å². The number of amides is 2. The van der Waals surface area contributed by atoms with E-state index >= 15 is 0 Å². The van der Waals surface area contributed by atoms with E-state index in [1.807, 2.05) is 64.1 Å². The molecule has 0 radical (unpaired) electrons. The molecule has 4 heteroatoms. The molecule has 0 unspecified atom stereocenters. The van der Waals surface area contributed by atoms with E-state index in [-0.39, 0.29) is 18.4 Å². The van der Waals surface area contributed by atoms with Crippen molar-refractivity contribution in [3.05, 3.63) is 58.7 Å². The minimum absolute atomic E-state index is 0.00733. The Morgan fingerprint density at radius 1 is 1.00 bits per heavy atom. The molecule has 0 aromatic heterocycles. The SMILES string of the molecule is CC(=O)N(CC(=O)Nc1cccc(C)c1C)c1ccc(C)cc1C. The van der Waals surface area contributed by atoms with Gasteiger partial charge in [0, 0.05) is 18.3 Å². The maximum Gasteiger partial charge on any atom is 0.244 e. The molecule has 24 heavy (non-hydrogen) atoms. The molecule has 0 bridgehead atoms. The van der Waals surface area contributed by atoms with Crippen molar-refractivity contribution in [1.82, 2.24) is 0 Å². The quantitative estimate of drug-likeness (QED) is 0.927. The highest BCUT2D eigenvalue weighted by molar-refractivity contribution is 6.02. The van der Waals surface area contributed by atoms with Crippen LogP contribution in [0, 0.1) is 27.7 Å². The lowest BCUT2D eigenvalue weighted by molar-refractivity contribution is -0.120. The van der Waals surface area contributed by atoms with Crippen LogP contribution in [0.15, 0.2) is 36.4 Å². The van der Waals surface area contributed by atoms with E-state index in [2.05, 4.69) is 5.32 Å². The van der Waals surface area contributed by atoms with Gasteiger partial charge < -0.3 is 10.2 Å². The Morgan fingerprint density at radius 3 is 2.33 bits per heavy atom. The van der Waals surface area contributed by atoms with Gasteiger partial charge in [0.05, 0.1) is 0 Å². The Bertz CT molecular complexity index is 781. The standard InChI is InChI=1S/C20H24N2O2/c1-13-9-10-19(15(3)11-13)22(17(5)23)12-20(24)21-18-8-6-7-14(2)16(18)4/h6-11H,12H2,1-5H3,(H,21,24). The second-order valence-electron chi connectivity index (χ2n) is 6.19. The van der Waals surface area contributed by atoms with Gasteiger partial charge in [-0.2, -0.15) is 0 Å². The first kappa shape index (κ1) is 17.7. The fourth-order valence-electron chi connectivity index (χ4n) is 2.69. The highest BCUT2D eigenvalue weighted by Gasteiger charge is 2.18. The Labute approximate surface area is 143 Å². The molecule has 0 spiro atoms. The number of aryl methyl sites for hydroxylation is 3. The molecule has 0 aliphatic rings. The summed E-state index contributed by atoms with van der Waals surface area (Å²) in [6, 6.07) is 11.6. The summed E-state index contributed by atoms with van der Waals surface area (Å²) in [5.41, 5.74) is 5.80. The number of nitrogens with zero attached hydrogens (tertiary/aromatic N) is 1. The predicted molar refractivity (Wildman–Crippen MR) is 98.5 cm³/mol. The van der Waals surface area contributed by atoms with Crippen molar-refractivity contribution in [2.75, 3.05) is 16.8 Å². The molecular weight excluding hydrogens is 300 g/mol. The topological polar surface area (TPSA) is 49.4 Å². The van der Waals surface area contributed by atoms with Gasteiger partial charge in [0.15, 0.2) is 0 Å². The van der Waals surface area contributed by atoms with E-state index in [4.69, 9.17) is 0 Å². The van der Waals surface area contributed by atoms with Gasteiger partial charge in [-0.1, -0.05) is 29.8 Å². The molecule has 2 amide bonds. The number of benzene rings is 2. The van der Waals surface area contributed by atoms with Crippen LogP contribution in [0.1, 0.15) is 29.2 Å². The third-order valence-corrected chi connectivity index (χ3v) is 4.20. The average Bonchev–Trinajstić information content (AvgIpc) is 2.50. The molecule has 0 atom stereocenters. The van der Waals surface area contributed by atoms with Crippen molar-refractivity contribution in [3.8, 4) is 0 Å². The van der Waals surface area contributed by atoms with Crippen molar-refractivity contribution in [2.45, 2.75) is 34.6 Å². The molecule has 0 aliphatic carbocycles. The van der Waals surface area contributed by atoms with E-state index in [1.165, 1.54) is 11.8 Å². The summed E-state index contributed by atoms with van der Waals surface area (Å²) >= 11 is 0. The summed E-state index contributed by atoms with van der Waals surface area (Å²) in [7, 11) is 0. The van der Waals surface area contributed by atoms with Crippen LogP contribution in [0.4, 0.5) is 11.4 Å². The number of nitrogens with one attached hydrogen (secondary N) is 1. The summed E-state index contributed by atoms with van der Waals surface area (Å²) in [4.78, 5) is 26.0. The number of hydrogen-bond acceptors (Lipinski definition) is 2. The second kappa shape index (κ2) is 7.30. The maximum absolute atomic E-state index is 12.4. The number of rotatable bonds is 4. The number of anilines is 2. The largest absolute Gasteiger partial charge is 0.324 e. The summed E-state index contributed by atoms with van der Waals surface area (Å²) < 4.78 is 0. The molecule has 0 fully saturated rings. The molecule has 4 nitrogen and oxygen atoms in total. The number of carbonyl (C=O) groups is 2. The predicted octanol–water partition coefficient (Wildman–Crippen LogP) is 3.91. The average molecular weight is 324 g/mol. The van der Waals surface area contributed by atoms with Gasteiger partial charge in [0.1, 0.15) is 6.54 Å². The fourth-order valence-corrected chi connectivity index (χ4v) is 2.69. The van der Waals surface area contributed by atoms with Gasteiger partial charge in [-0.05, 0) is 56.5 Å². The van der Waals surface area contributed by atoms with Crippen molar-refractivity contribution < 1.29 is 9.59 Å². The molecule has 0 saturated heterocycles. The molecule has 0 heterocycles. The smallest absolute Gasteiger partial charge is 0.244 e. The molecule has 126 valence electrons. The Hall–Kier alpha value is -2.62. The minimum atomic E-state index is -0.209. The zero-order valence-corrected chi connectivity index (χ0v) is 14.9. The van der Waals surface area contributed by atoms with Crippen molar-refractivity contribution >= 4 is 23.2 Å². The van der Waals surface area contributed by atoms with E-state index in [9.17, 15) is 9.59 Å². The molecule has 2 aromatic carbocycles. The first-order valence-electron chi connectivity index (χ1n) is 8.01. The van der Waals surface area contributed by atoms with Gasteiger partial charge in [0.2, 0.25) is 11.8 Å². The molecule has 0 aliphatic heterocycles. The molecule has 2 aromatic rings. The van der Waals surface area contributed by atoms with Crippen LogP contribution in [-0.2, 0) is 9.59 Å². The van der Waals surface area contributed by atoms with E-state index in [0.717, 1.165) is 33.6 Å². The normalized spacial score (nSPS) is 10.4. The second-order valence-corrected chi connectivity index (χ2v) is 6.19. The Balaban J connectivity index is 2.20. The van der Waals surface area contributed by atoms with Gasteiger partial charge >= 0.3 is 0 Å². The van der Waals surface area contributed by atoms with Crippen molar-refractivity contribution in [2.24, 2.45) is 0 Å². The highest BCUT2D eigenvalue weighted by Crippen LogP contribution is 2.22. The fraction of sp³-hybridized carbons (Fsp3) is 0.300. The number of carbonyl (C=O) groups excluding carboxylic acids is 2. The van der Waals surface area contributed by atoms with Crippen LogP contribution >= 0.6 is 0 Å². The van der Waals surface area contributed by atoms with Crippen LogP contribution in [0.25, 0.3) is 0 Å². The van der Waals surface area contributed by atoms with Crippen molar-refractivity contribution in [1.29, 1.82) is 0 Å². The molecule has 1 N–H and O–H groups in total. The lowest BCUT2D eigenvalue weighted by atomic mass is 10.1. The maximum atomic E-state index is 12.4. The third-order valence-electron chi connectivity index (χ3n) is 4.20. The minimum Gasteiger partial charge on any atom is -0.324 e. The van der Waals surface area contributed by atoms with Gasteiger partial charge in [0.25, 0.3) is 0 Å². The van der Waals surface area contributed by atoms with Crippen LogP contribution in [0.3, 0.4) is 0 Å². The van der Waals surface area contributed by atoms with Crippen molar-refractivity contribution in [3.63, 3.8) is 0 Å². The lowest BCUT2D eigenvalue weighted by Crippen LogP contribution is -2.37. The van der Waals surface area contributed by atoms with Crippen LogP contribution in [0.5, 0.6) is 0 Å². The highest BCUT2D eigenvalue weighted by atomic mass is 16.2. The van der Waals surface area contributed by atoms with Gasteiger partial charge in [-0.3, -0.25) is 9.59 Å². The third kappa shape index (κ3) is 4.02. The van der Waals surface area contributed by atoms with Crippen LogP contribution in [-0.4, -0.2) is 18.4 Å². The summed E-state index contributed by atoms with van der Waals surface area (Å²) in [5, 5.41) is 2.90. The molecular formula is C20H24N2O2. The Morgan fingerprint density at radius 2 is 1.71 bits per heavy atom. The van der Waals surface area contributed by atoms with Gasteiger partial charge in [-0.25, -0.2) is 0 Å². The Kier molecular flexibility index (Phi) is 5.39. The first-order chi connectivity index (χ1) is 11.3. The zero-order valence-electron chi connectivity index (χ0n) is 14.9. The van der Waals surface area contributed by atoms with Gasteiger partial charge in [-0.15, -0.1) is 0 Å². The summed E-state index contributed by atoms with van der Waals surface area (Å²) in [6.07, 6.45) is 0. The van der Waals surface area contributed by atoms with Crippen LogP contribution in [0.2, 0.25) is 0 Å². The summed E-state index contributed by atoms with van der Waals surface area (Å²) in [6.45, 7) is 9.39. The van der Waals surface area contributed by atoms with E-state index < -0.39 is 0 Å². The summed E-state index contributed by atoms with van der Waals surface area (Å²) in [5.74, 6) is -0.364. The first-order valence-corrected chi connectivity index (χ1v) is 8.01. The zero-order chi connectivity index (χ0) is 17.9.